The summed E-state index contributed by atoms with van der Waals surface area (Å²) in [6.45, 7) is 0.983. The summed E-state index contributed by atoms with van der Waals surface area (Å²) in [5, 5.41) is 9.04. The van der Waals surface area contributed by atoms with Gasteiger partial charge in [-0.2, -0.15) is 0 Å². The maximum atomic E-state index is 9.75. The fourth-order valence-corrected chi connectivity index (χ4v) is 0.134. The number of ether oxygens (including phenoxy) is 1. The molecule has 0 amide bonds. The third-order valence-electron chi connectivity index (χ3n) is 0.295. The Morgan fingerprint density at radius 2 is 2.00 bits per heavy atom. The minimum atomic E-state index is -1.53. The number of hydrogen-bond donors (Lipinski definition) is 0. The second-order valence-electron chi connectivity index (χ2n) is 0.927. The number of carbonyl (C=O) groups is 2. The molecule has 0 radical (unpaired) electrons. The molecule has 5 nitrogen and oxygen atoms in total. The fraction of sp³-hybridized carbons (Fsp3) is 0.333. The first-order valence-corrected chi connectivity index (χ1v) is 1.69. The van der Waals surface area contributed by atoms with Crippen molar-refractivity contribution in [2.75, 3.05) is 0 Å². The van der Waals surface area contributed by atoms with Crippen LogP contribution < -0.4 is 5.26 Å². The molecule has 0 unspecified atom stereocenters. The second kappa shape index (κ2) is 2.98. The van der Waals surface area contributed by atoms with E-state index in [-0.39, 0.29) is 0 Å². The molecule has 0 bridgehead atoms. The van der Waals surface area contributed by atoms with Gasteiger partial charge >= 0.3 is 12.1 Å². The van der Waals surface area contributed by atoms with Gasteiger partial charge in [-0.15, -0.1) is 0 Å². The summed E-state index contributed by atoms with van der Waals surface area (Å²) in [6, 6.07) is 0. The predicted molar refractivity (Wildman–Crippen MR) is 18.2 cm³/mol. The third-order valence-corrected chi connectivity index (χ3v) is 0.295. The van der Waals surface area contributed by atoms with Crippen molar-refractivity contribution in [3.63, 3.8) is 0 Å². The van der Waals surface area contributed by atoms with Crippen LogP contribution >= 0.6 is 0 Å². The van der Waals surface area contributed by atoms with Crippen LogP contribution in [0, 0.1) is 0 Å². The molecule has 0 atom stereocenters. The van der Waals surface area contributed by atoms with Crippen molar-refractivity contribution in [3.05, 3.63) is 0 Å². The molecule has 8 heavy (non-hydrogen) atoms. The number of esters is 1. The Morgan fingerprint density at radius 3 is 2.12 bits per heavy atom. The molecule has 0 aromatic rings. The molecule has 0 aromatic heterocycles. The van der Waals surface area contributed by atoms with Crippen molar-refractivity contribution in [2.24, 2.45) is 0 Å². The highest BCUT2D eigenvalue weighted by Crippen LogP contribution is 1.78. The zero-order chi connectivity index (χ0) is 6.57. The lowest BCUT2D eigenvalue weighted by molar-refractivity contribution is -0.657. The smallest absolute Gasteiger partial charge is 0.510 e. The average molecular weight is 119 g/mol. The maximum absolute atomic E-state index is 9.75. The van der Waals surface area contributed by atoms with Crippen molar-refractivity contribution in [3.8, 4) is 0 Å². The molecule has 0 aliphatic carbocycles. The van der Waals surface area contributed by atoms with Crippen molar-refractivity contribution in [1.82, 2.24) is 0 Å². The molecule has 0 rings (SSSR count). The zero-order valence-electron chi connectivity index (χ0n) is 4.04. The van der Waals surface area contributed by atoms with Crippen LogP contribution in [0.3, 0.4) is 0 Å². The van der Waals surface area contributed by atoms with Crippen LogP contribution in [0.5, 0.6) is 0 Å². The molecule has 0 aliphatic rings. The predicted octanol–water partition coefficient (Wildman–Crippen LogP) is -1.04. The third kappa shape index (κ3) is 3.10. The van der Waals surface area contributed by atoms with E-state index in [4.69, 9.17) is 5.26 Å². The van der Waals surface area contributed by atoms with Crippen LogP contribution in [0.25, 0.3) is 0 Å². The zero-order valence-corrected chi connectivity index (χ0v) is 4.04. The molecule has 0 saturated carbocycles. The molecule has 0 saturated heterocycles. The van der Waals surface area contributed by atoms with Crippen LogP contribution in [-0.4, -0.2) is 12.1 Å². The topological polar surface area (TPSA) is 75.7 Å². The standard InChI is InChI=1S/C3H4O5/c1-2(4)7-3(5)8-6/h6H,1H3/p-1. The van der Waals surface area contributed by atoms with E-state index in [1.165, 1.54) is 0 Å². The van der Waals surface area contributed by atoms with E-state index in [0.717, 1.165) is 6.92 Å². The summed E-state index contributed by atoms with van der Waals surface area (Å²) in [5.74, 6) is -0.870. The van der Waals surface area contributed by atoms with Gasteiger partial charge in [0.05, 0.1) is 0 Å². The highest BCUT2D eigenvalue weighted by molar-refractivity contribution is 5.79. The van der Waals surface area contributed by atoms with Gasteiger partial charge in [-0.25, -0.2) is 4.79 Å². The average Bonchev–Trinajstić information content (AvgIpc) is 1.65. The minimum absolute atomic E-state index is 0.870. The van der Waals surface area contributed by atoms with Crippen LogP contribution in [0.4, 0.5) is 4.79 Å². The summed E-state index contributed by atoms with van der Waals surface area (Å²) in [5.41, 5.74) is 0. The first-order valence-electron chi connectivity index (χ1n) is 1.69. The lowest BCUT2D eigenvalue weighted by Crippen LogP contribution is -2.17. The summed E-state index contributed by atoms with van der Waals surface area (Å²) >= 11 is 0. The Bertz CT molecular complexity index is 106. The summed E-state index contributed by atoms with van der Waals surface area (Å²) < 4.78 is 3.59. The van der Waals surface area contributed by atoms with Gasteiger partial charge in [0.25, 0.3) is 0 Å². The summed E-state index contributed by atoms with van der Waals surface area (Å²) in [7, 11) is 0. The normalized spacial score (nSPS) is 7.75. The van der Waals surface area contributed by atoms with Gasteiger partial charge in [0, 0.05) is 6.92 Å². The van der Waals surface area contributed by atoms with Crippen molar-refractivity contribution in [1.29, 1.82) is 0 Å². The van der Waals surface area contributed by atoms with Gasteiger partial charge in [-0.1, -0.05) is 0 Å². The molecule has 0 heterocycles. The molecule has 0 fully saturated rings. The van der Waals surface area contributed by atoms with E-state index < -0.39 is 12.1 Å². The van der Waals surface area contributed by atoms with Crippen LogP contribution in [0.15, 0.2) is 0 Å². The van der Waals surface area contributed by atoms with Crippen molar-refractivity contribution < 1.29 is 24.5 Å². The number of rotatable bonds is 0. The van der Waals surface area contributed by atoms with Gasteiger partial charge in [0.15, 0.2) is 0 Å². The maximum Gasteiger partial charge on any atom is 0.510 e. The molecular weight excluding hydrogens is 116 g/mol. The van der Waals surface area contributed by atoms with Crippen molar-refractivity contribution >= 4 is 12.1 Å². The Hall–Kier alpha value is -1.10. The molecule has 46 valence electrons. The Kier molecular flexibility index (Phi) is 2.57. The highest BCUT2D eigenvalue weighted by atomic mass is 17.1. The van der Waals surface area contributed by atoms with Crippen LogP contribution in [0.1, 0.15) is 6.92 Å². The first-order chi connectivity index (χ1) is 3.66. The molecule has 0 aromatic carbocycles. The van der Waals surface area contributed by atoms with E-state index in [2.05, 4.69) is 9.62 Å². The fourth-order valence-electron chi connectivity index (χ4n) is 0.134. The van der Waals surface area contributed by atoms with Crippen LogP contribution in [-0.2, 0) is 14.4 Å². The van der Waals surface area contributed by atoms with Gasteiger partial charge in [0.2, 0.25) is 0 Å². The Morgan fingerprint density at radius 1 is 1.50 bits per heavy atom. The number of carbonyl (C=O) groups excluding carboxylic acids is 2. The minimum Gasteiger partial charge on any atom is -0.659 e. The van der Waals surface area contributed by atoms with Crippen LogP contribution in [0.2, 0.25) is 0 Å². The molecule has 0 aliphatic heterocycles. The lowest BCUT2D eigenvalue weighted by atomic mass is 10.8. The molecular formula is C3H3O5-. The van der Waals surface area contributed by atoms with Gasteiger partial charge in [-0.05, 0) is 0 Å². The monoisotopic (exact) mass is 119 g/mol. The SMILES string of the molecule is CC(=O)OC(=O)O[O-]. The van der Waals surface area contributed by atoms with E-state index in [1.807, 2.05) is 0 Å². The van der Waals surface area contributed by atoms with Gasteiger partial charge in [-0.3, -0.25) is 4.79 Å². The Labute approximate surface area is 44.7 Å². The van der Waals surface area contributed by atoms with E-state index >= 15 is 0 Å². The first kappa shape index (κ1) is 6.90. The molecule has 0 spiro atoms. The lowest BCUT2D eigenvalue weighted by Gasteiger charge is -2.01. The van der Waals surface area contributed by atoms with Gasteiger partial charge < -0.3 is 14.9 Å². The number of hydrogen-bond acceptors (Lipinski definition) is 5. The Balaban J connectivity index is 3.40. The van der Waals surface area contributed by atoms with E-state index in [9.17, 15) is 9.59 Å². The quantitative estimate of drug-likeness (QED) is 0.176. The summed E-state index contributed by atoms with van der Waals surface area (Å²) in [6.07, 6.45) is -1.53. The van der Waals surface area contributed by atoms with E-state index in [0.29, 0.717) is 0 Å². The largest absolute Gasteiger partial charge is 0.659 e. The molecule has 0 N–H and O–H groups in total. The summed E-state index contributed by atoms with van der Waals surface area (Å²) in [4.78, 5) is 22.1. The van der Waals surface area contributed by atoms with Crippen molar-refractivity contribution in [2.45, 2.75) is 6.92 Å². The molecule has 5 heteroatoms. The highest BCUT2D eigenvalue weighted by Gasteiger charge is 1.99. The van der Waals surface area contributed by atoms with Gasteiger partial charge in [0.1, 0.15) is 0 Å². The second-order valence-corrected chi connectivity index (χ2v) is 0.927. The van der Waals surface area contributed by atoms with E-state index in [1.54, 1.807) is 0 Å².